The van der Waals surface area contributed by atoms with E-state index in [0.717, 1.165) is 29.7 Å². The number of pyridine rings is 1. The number of benzene rings is 2. The highest BCUT2D eigenvalue weighted by Gasteiger charge is 2.20. The number of rotatable bonds is 3. The van der Waals surface area contributed by atoms with E-state index >= 15 is 0 Å². The van der Waals surface area contributed by atoms with Crippen LogP contribution in [0.5, 0.6) is 0 Å². The minimum Gasteiger partial charge on any atom is -0.370 e. The molecule has 0 aliphatic carbocycles. The molecule has 0 unspecified atom stereocenters. The number of aromatic nitrogens is 1. The van der Waals surface area contributed by atoms with Crippen molar-refractivity contribution >= 4 is 26.4 Å². The number of nitrogens with zero attached hydrogens (tertiary/aromatic N) is 2. The molecule has 2 heterocycles. The lowest BCUT2D eigenvalue weighted by Gasteiger charge is -2.29. The van der Waals surface area contributed by atoms with Crippen LogP contribution in [0.25, 0.3) is 10.9 Å². The molecule has 3 aromatic rings. The van der Waals surface area contributed by atoms with Gasteiger partial charge in [0.2, 0.25) is 9.84 Å². The van der Waals surface area contributed by atoms with Crippen LogP contribution in [0.3, 0.4) is 0 Å². The molecule has 0 N–H and O–H groups in total. The molecule has 2 aromatic carbocycles. The number of para-hydroxylation sites is 1. The second-order valence-corrected chi connectivity index (χ2v) is 8.33. The molecule has 25 heavy (non-hydrogen) atoms. The fraction of sp³-hybridized carbons (Fsp3) is 0.250. The average molecular weight is 352 g/mol. The Hall–Kier alpha value is -2.40. The summed E-state index contributed by atoms with van der Waals surface area (Å²) >= 11 is 0. The standard InChI is InChI=1S/C20H20N2O2S/c23-25(24,17-9-3-1-4-10-17)18-14-16-8-7-11-19(20(16)21-15-18)22-12-5-2-6-13-22/h1,3-4,7-11,14-15H,2,5-6,12-13H2. The van der Waals surface area contributed by atoms with E-state index in [2.05, 4.69) is 16.0 Å². The summed E-state index contributed by atoms with van der Waals surface area (Å²) in [7, 11) is -3.54. The molecular formula is C20H20N2O2S. The number of fused-ring (bicyclic) bond motifs is 1. The van der Waals surface area contributed by atoms with Gasteiger partial charge in [-0.3, -0.25) is 4.98 Å². The van der Waals surface area contributed by atoms with Gasteiger partial charge in [0.1, 0.15) is 0 Å². The Morgan fingerprint density at radius 2 is 1.60 bits per heavy atom. The second kappa shape index (κ2) is 6.48. The Labute approximate surface area is 148 Å². The maximum absolute atomic E-state index is 12.8. The first-order valence-electron chi connectivity index (χ1n) is 8.60. The van der Waals surface area contributed by atoms with E-state index in [9.17, 15) is 8.42 Å². The highest BCUT2D eigenvalue weighted by Crippen LogP contribution is 2.30. The van der Waals surface area contributed by atoms with Crippen molar-refractivity contribution in [3.63, 3.8) is 0 Å². The minimum atomic E-state index is -3.54. The number of sulfone groups is 1. The molecule has 0 spiro atoms. The summed E-state index contributed by atoms with van der Waals surface area (Å²) in [6.07, 6.45) is 5.14. The first-order valence-corrected chi connectivity index (χ1v) is 10.1. The molecule has 1 aliphatic heterocycles. The normalized spacial score (nSPS) is 15.4. The lowest BCUT2D eigenvalue weighted by atomic mass is 10.1. The van der Waals surface area contributed by atoms with Gasteiger partial charge in [-0.2, -0.15) is 0 Å². The van der Waals surface area contributed by atoms with Crippen molar-refractivity contribution in [1.82, 2.24) is 4.98 Å². The van der Waals surface area contributed by atoms with Crippen LogP contribution in [0.1, 0.15) is 19.3 Å². The van der Waals surface area contributed by atoms with E-state index < -0.39 is 9.84 Å². The molecule has 5 heteroatoms. The van der Waals surface area contributed by atoms with Gasteiger partial charge in [-0.25, -0.2) is 8.42 Å². The van der Waals surface area contributed by atoms with E-state index in [4.69, 9.17) is 0 Å². The van der Waals surface area contributed by atoms with Crippen LogP contribution in [0.2, 0.25) is 0 Å². The van der Waals surface area contributed by atoms with Gasteiger partial charge in [0, 0.05) is 24.7 Å². The van der Waals surface area contributed by atoms with E-state index in [1.807, 2.05) is 18.2 Å². The zero-order chi connectivity index (χ0) is 17.3. The predicted octanol–water partition coefficient (Wildman–Crippen LogP) is 4.06. The molecule has 128 valence electrons. The van der Waals surface area contributed by atoms with E-state index in [0.29, 0.717) is 4.90 Å². The fourth-order valence-corrected chi connectivity index (χ4v) is 4.66. The Balaban J connectivity index is 1.79. The van der Waals surface area contributed by atoms with Crippen molar-refractivity contribution in [2.45, 2.75) is 29.1 Å². The van der Waals surface area contributed by atoms with Gasteiger partial charge in [-0.15, -0.1) is 0 Å². The Bertz CT molecular complexity index is 995. The summed E-state index contributed by atoms with van der Waals surface area (Å²) in [6.45, 7) is 2.07. The van der Waals surface area contributed by atoms with E-state index in [1.54, 1.807) is 30.3 Å². The maximum atomic E-state index is 12.8. The van der Waals surface area contributed by atoms with Crippen molar-refractivity contribution < 1.29 is 8.42 Å². The van der Waals surface area contributed by atoms with Crippen molar-refractivity contribution in [1.29, 1.82) is 0 Å². The molecule has 4 nitrogen and oxygen atoms in total. The molecule has 4 rings (SSSR count). The fourth-order valence-electron chi connectivity index (χ4n) is 3.40. The van der Waals surface area contributed by atoms with Crippen molar-refractivity contribution in [2.24, 2.45) is 0 Å². The first-order chi connectivity index (χ1) is 12.2. The Morgan fingerprint density at radius 1 is 0.840 bits per heavy atom. The maximum Gasteiger partial charge on any atom is 0.208 e. The Kier molecular flexibility index (Phi) is 4.17. The van der Waals surface area contributed by atoms with Crippen LogP contribution in [-0.2, 0) is 9.84 Å². The molecule has 0 amide bonds. The first kappa shape index (κ1) is 16.1. The molecular weight excluding hydrogens is 332 g/mol. The van der Waals surface area contributed by atoms with Gasteiger partial charge in [0.05, 0.1) is 21.0 Å². The molecule has 0 atom stereocenters. The minimum absolute atomic E-state index is 0.238. The quantitative estimate of drug-likeness (QED) is 0.713. The van der Waals surface area contributed by atoms with Crippen LogP contribution in [-0.4, -0.2) is 26.5 Å². The molecule has 1 fully saturated rings. The lowest BCUT2D eigenvalue weighted by Crippen LogP contribution is -2.29. The summed E-state index contributed by atoms with van der Waals surface area (Å²) in [4.78, 5) is 7.41. The van der Waals surface area contributed by atoms with E-state index in [1.165, 1.54) is 25.5 Å². The van der Waals surface area contributed by atoms with Gasteiger partial charge in [0.25, 0.3) is 0 Å². The highest BCUT2D eigenvalue weighted by atomic mass is 32.2. The summed E-state index contributed by atoms with van der Waals surface area (Å²) in [5, 5.41) is 0.861. The van der Waals surface area contributed by atoms with Crippen molar-refractivity contribution in [3.8, 4) is 0 Å². The zero-order valence-corrected chi connectivity index (χ0v) is 14.7. The third-order valence-corrected chi connectivity index (χ3v) is 6.46. The summed E-state index contributed by atoms with van der Waals surface area (Å²) < 4.78 is 25.6. The van der Waals surface area contributed by atoms with Gasteiger partial charge < -0.3 is 4.90 Å². The third-order valence-electron chi connectivity index (χ3n) is 4.73. The number of piperidine rings is 1. The molecule has 1 aromatic heterocycles. The number of hydrogen-bond acceptors (Lipinski definition) is 4. The number of anilines is 1. The summed E-state index contributed by atoms with van der Waals surface area (Å²) in [5.41, 5.74) is 1.97. The van der Waals surface area contributed by atoms with Crippen molar-refractivity contribution in [3.05, 3.63) is 60.8 Å². The topological polar surface area (TPSA) is 50.3 Å². The van der Waals surface area contributed by atoms with Crippen LogP contribution >= 0.6 is 0 Å². The van der Waals surface area contributed by atoms with Crippen molar-refractivity contribution in [2.75, 3.05) is 18.0 Å². The molecule has 1 saturated heterocycles. The third kappa shape index (κ3) is 3.00. The zero-order valence-electron chi connectivity index (χ0n) is 13.9. The van der Waals surface area contributed by atoms with Crippen LogP contribution in [0.4, 0.5) is 5.69 Å². The Morgan fingerprint density at radius 3 is 2.36 bits per heavy atom. The van der Waals surface area contributed by atoms with Gasteiger partial charge in [-0.1, -0.05) is 30.3 Å². The predicted molar refractivity (Wildman–Crippen MR) is 99.7 cm³/mol. The summed E-state index contributed by atoms with van der Waals surface area (Å²) in [6, 6.07) is 16.2. The lowest BCUT2D eigenvalue weighted by molar-refractivity contribution is 0.578. The number of hydrogen-bond donors (Lipinski definition) is 0. The molecule has 1 aliphatic rings. The molecule has 0 saturated carbocycles. The second-order valence-electron chi connectivity index (χ2n) is 6.38. The smallest absolute Gasteiger partial charge is 0.208 e. The van der Waals surface area contributed by atoms with Gasteiger partial charge in [-0.05, 0) is 43.5 Å². The monoisotopic (exact) mass is 352 g/mol. The van der Waals surface area contributed by atoms with Gasteiger partial charge in [0.15, 0.2) is 0 Å². The largest absolute Gasteiger partial charge is 0.370 e. The summed E-state index contributed by atoms with van der Waals surface area (Å²) in [5.74, 6) is 0. The SMILES string of the molecule is O=S(=O)(c1ccccc1)c1cnc2c(N3CCCCC3)cccc2c1. The average Bonchev–Trinajstić information content (AvgIpc) is 2.68. The molecule has 0 radical (unpaired) electrons. The van der Waals surface area contributed by atoms with Crippen LogP contribution < -0.4 is 4.90 Å². The highest BCUT2D eigenvalue weighted by molar-refractivity contribution is 7.91. The van der Waals surface area contributed by atoms with E-state index in [-0.39, 0.29) is 4.90 Å². The molecule has 0 bridgehead atoms. The van der Waals surface area contributed by atoms with Crippen LogP contribution in [0, 0.1) is 0 Å². The van der Waals surface area contributed by atoms with Gasteiger partial charge >= 0.3 is 0 Å². The van der Waals surface area contributed by atoms with Crippen LogP contribution in [0.15, 0.2) is 70.6 Å².